The first-order chi connectivity index (χ1) is 3.80. The van der Waals surface area contributed by atoms with E-state index in [1.807, 2.05) is 6.08 Å². The van der Waals surface area contributed by atoms with Crippen molar-refractivity contribution in [3.05, 3.63) is 28.9 Å². The molecule has 8 heavy (non-hydrogen) atoms. The third-order valence-electron chi connectivity index (χ3n) is 0.968. The standard InChI is InChI=1S/C6H7NS/c7-5-3-1-2-4-6(5)8/h2-5,8H,7H2/t5-/m0/s1. The molecular weight excluding hydrogens is 118 g/mol. The van der Waals surface area contributed by atoms with Crippen LogP contribution in [0.5, 0.6) is 0 Å². The van der Waals surface area contributed by atoms with Crippen molar-refractivity contribution >= 4 is 12.6 Å². The maximum Gasteiger partial charge on any atom is 0.0613 e. The van der Waals surface area contributed by atoms with Crippen LogP contribution < -0.4 is 5.73 Å². The van der Waals surface area contributed by atoms with Crippen LogP contribution in [0, 0.1) is 0 Å². The van der Waals surface area contributed by atoms with E-state index in [1.165, 1.54) is 0 Å². The van der Waals surface area contributed by atoms with Crippen molar-refractivity contribution < 1.29 is 0 Å². The minimum Gasteiger partial charge on any atom is -0.320 e. The van der Waals surface area contributed by atoms with Gasteiger partial charge in [-0.3, -0.25) is 0 Å². The summed E-state index contributed by atoms with van der Waals surface area (Å²) in [4.78, 5) is 0.892. The highest BCUT2D eigenvalue weighted by Gasteiger charge is 1.99. The van der Waals surface area contributed by atoms with Gasteiger partial charge in [-0.15, -0.1) is 18.4 Å². The highest BCUT2D eigenvalue weighted by molar-refractivity contribution is 7.84. The molecule has 1 aliphatic carbocycles. The SMILES string of the molecule is N[C@H]1C=C=CC=C1S. The van der Waals surface area contributed by atoms with E-state index in [1.54, 1.807) is 12.2 Å². The molecule has 1 nitrogen and oxygen atoms in total. The van der Waals surface area contributed by atoms with E-state index in [4.69, 9.17) is 5.73 Å². The van der Waals surface area contributed by atoms with Gasteiger partial charge in [-0.05, 0) is 18.2 Å². The van der Waals surface area contributed by atoms with Gasteiger partial charge < -0.3 is 5.73 Å². The van der Waals surface area contributed by atoms with Gasteiger partial charge in [0.2, 0.25) is 0 Å². The van der Waals surface area contributed by atoms with E-state index in [0.717, 1.165) is 4.91 Å². The molecule has 0 fully saturated rings. The molecule has 2 N–H and O–H groups in total. The lowest BCUT2D eigenvalue weighted by molar-refractivity contribution is 1.01. The fraction of sp³-hybridized carbons (Fsp3) is 0.167. The predicted molar refractivity (Wildman–Crippen MR) is 37.7 cm³/mol. The molecule has 2 heteroatoms. The van der Waals surface area contributed by atoms with Crippen LogP contribution in [0.3, 0.4) is 0 Å². The normalized spacial score (nSPS) is 25.8. The molecule has 0 aromatic rings. The Kier molecular flexibility index (Phi) is 1.59. The van der Waals surface area contributed by atoms with Gasteiger partial charge in [0.05, 0.1) is 6.04 Å². The Morgan fingerprint density at radius 2 is 2.50 bits per heavy atom. The van der Waals surface area contributed by atoms with Crippen molar-refractivity contribution in [3.8, 4) is 0 Å². The first-order valence-electron chi connectivity index (χ1n) is 2.38. The van der Waals surface area contributed by atoms with Crippen LogP contribution in [0.4, 0.5) is 0 Å². The van der Waals surface area contributed by atoms with E-state index < -0.39 is 0 Å². The van der Waals surface area contributed by atoms with Gasteiger partial charge in [0, 0.05) is 4.91 Å². The smallest absolute Gasteiger partial charge is 0.0613 e. The van der Waals surface area contributed by atoms with E-state index in [0.29, 0.717) is 0 Å². The lowest BCUT2D eigenvalue weighted by Crippen LogP contribution is -2.17. The summed E-state index contributed by atoms with van der Waals surface area (Å²) in [7, 11) is 0. The van der Waals surface area contributed by atoms with Gasteiger partial charge in [-0.25, -0.2) is 0 Å². The summed E-state index contributed by atoms with van der Waals surface area (Å²) in [5.41, 5.74) is 8.36. The molecule has 1 rings (SSSR count). The van der Waals surface area contributed by atoms with Crippen LogP contribution in [-0.4, -0.2) is 6.04 Å². The lowest BCUT2D eigenvalue weighted by atomic mass is 10.2. The maximum atomic E-state index is 5.50. The van der Waals surface area contributed by atoms with Gasteiger partial charge in [-0.2, -0.15) is 0 Å². The minimum atomic E-state index is -0.0386. The highest BCUT2D eigenvalue weighted by Crippen LogP contribution is 2.08. The van der Waals surface area contributed by atoms with E-state index >= 15 is 0 Å². The molecule has 1 atom stereocenters. The van der Waals surface area contributed by atoms with Crippen molar-refractivity contribution in [2.24, 2.45) is 5.73 Å². The second kappa shape index (κ2) is 2.23. The number of hydrogen-bond acceptors (Lipinski definition) is 2. The van der Waals surface area contributed by atoms with Gasteiger partial charge in [0.1, 0.15) is 0 Å². The topological polar surface area (TPSA) is 26.0 Å². The monoisotopic (exact) mass is 125 g/mol. The summed E-state index contributed by atoms with van der Waals surface area (Å²) in [5.74, 6) is 0. The molecule has 0 aromatic carbocycles. The van der Waals surface area contributed by atoms with Gasteiger partial charge in [-0.1, -0.05) is 0 Å². The van der Waals surface area contributed by atoms with E-state index in [2.05, 4.69) is 18.4 Å². The molecule has 0 radical (unpaired) electrons. The van der Waals surface area contributed by atoms with Crippen LogP contribution in [0.2, 0.25) is 0 Å². The van der Waals surface area contributed by atoms with Crippen LogP contribution in [0.1, 0.15) is 0 Å². The predicted octanol–water partition coefficient (Wildman–Crippen LogP) is 0.852. The van der Waals surface area contributed by atoms with Gasteiger partial charge >= 0.3 is 0 Å². The zero-order valence-corrected chi connectivity index (χ0v) is 5.23. The average molecular weight is 125 g/mol. The van der Waals surface area contributed by atoms with Gasteiger partial charge in [0.25, 0.3) is 0 Å². The average Bonchev–Trinajstić information content (AvgIpc) is 1.77. The van der Waals surface area contributed by atoms with Crippen molar-refractivity contribution in [3.63, 3.8) is 0 Å². The van der Waals surface area contributed by atoms with Crippen molar-refractivity contribution in [1.82, 2.24) is 0 Å². The fourth-order valence-corrected chi connectivity index (χ4v) is 0.638. The Morgan fingerprint density at radius 1 is 1.75 bits per heavy atom. The summed E-state index contributed by atoms with van der Waals surface area (Å²) in [6, 6.07) is -0.0386. The Hall–Kier alpha value is -0.430. The zero-order valence-electron chi connectivity index (χ0n) is 4.33. The highest BCUT2D eigenvalue weighted by atomic mass is 32.1. The third-order valence-corrected chi connectivity index (χ3v) is 1.41. The van der Waals surface area contributed by atoms with Gasteiger partial charge in [0.15, 0.2) is 0 Å². The number of allylic oxidation sites excluding steroid dienone is 1. The molecule has 42 valence electrons. The first-order valence-corrected chi connectivity index (χ1v) is 2.83. The molecule has 0 amide bonds. The number of nitrogens with two attached hydrogens (primary N) is 1. The summed E-state index contributed by atoms with van der Waals surface area (Å²) >= 11 is 4.09. The van der Waals surface area contributed by atoms with Crippen molar-refractivity contribution in [2.75, 3.05) is 0 Å². The minimum absolute atomic E-state index is 0.0386. The number of hydrogen-bond donors (Lipinski definition) is 2. The quantitative estimate of drug-likeness (QED) is 0.364. The van der Waals surface area contributed by atoms with Crippen LogP contribution >= 0.6 is 12.6 Å². The number of rotatable bonds is 0. The fourth-order valence-electron chi connectivity index (χ4n) is 0.489. The summed E-state index contributed by atoms with van der Waals surface area (Å²) in [6.45, 7) is 0. The second-order valence-corrected chi connectivity index (χ2v) is 2.13. The lowest BCUT2D eigenvalue weighted by Gasteiger charge is -2.04. The number of thiol groups is 1. The largest absolute Gasteiger partial charge is 0.320 e. The second-order valence-electron chi connectivity index (χ2n) is 1.62. The molecule has 0 unspecified atom stereocenters. The Bertz CT molecular complexity index is 175. The molecule has 1 aliphatic rings. The molecule has 0 bridgehead atoms. The van der Waals surface area contributed by atoms with Crippen molar-refractivity contribution in [2.45, 2.75) is 6.04 Å². The maximum absolute atomic E-state index is 5.50. The van der Waals surface area contributed by atoms with Crippen molar-refractivity contribution in [1.29, 1.82) is 0 Å². The molecule has 0 heterocycles. The first kappa shape index (κ1) is 5.70. The van der Waals surface area contributed by atoms with E-state index in [-0.39, 0.29) is 6.04 Å². The third kappa shape index (κ3) is 1.04. The summed E-state index contributed by atoms with van der Waals surface area (Å²) in [6.07, 6.45) is 5.42. The van der Waals surface area contributed by atoms with Crippen LogP contribution in [0.15, 0.2) is 28.9 Å². The molecule has 0 saturated carbocycles. The molecule has 0 saturated heterocycles. The summed E-state index contributed by atoms with van der Waals surface area (Å²) < 4.78 is 0. The molecule has 0 aromatic heterocycles. The molecular formula is C6H7NS. The Morgan fingerprint density at radius 3 is 2.88 bits per heavy atom. The molecule has 0 aliphatic heterocycles. The van der Waals surface area contributed by atoms with Crippen LogP contribution in [0.25, 0.3) is 0 Å². The molecule has 0 spiro atoms. The Balaban J connectivity index is 2.86. The Labute approximate surface area is 54.0 Å². The van der Waals surface area contributed by atoms with E-state index in [9.17, 15) is 0 Å². The summed E-state index contributed by atoms with van der Waals surface area (Å²) in [5, 5.41) is 0. The zero-order chi connectivity index (χ0) is 5.98. The van der Waals surface area contributed by atoms with Crippen LogP contribution in [-0.2, 0) is 0 Å².